The van der Waals surface area contributed by atoms with Gasteiger partial charge in [0.1, 0.15) is 0 Å². The lowest BCUT2D eigenvalue weighted by atomic mass is 10.1. The second kappa shape index (κ2) is 13.8. The standard InChI is InChI=1S/C14H28ClNO/c1-2-3-4-5-6-7-8-9-10-13-16-14(17)11-12-15/h2-13H2,1H3,(H,16,17). The Balaban J connectivity index is 3.01. The van der Waals surface area contributed by atoms with E-state index in [2.05, 4.69) is 12.2 Å². The van der Waals surface area contributed by atoms with Crippen LogP contribution in [-0.2, 0) is 4.79 Å². The van der Waals surface area contributed by atoms with E-state index in [0.29, 0.717) is 12.3 Å². The van der Waals surface area contributed by atoms with Crippen LogP contribution in [0.4, 0.5) is 0 Å². The van der Waals surface area contributed by atoms with Crippen LogP contribution in [0.2, 0.25) is 0 Å². The lowest BCUT2D eigenvalue weighted by Crippen LogP contribution is -2.24. The van der Waals surface area contributed by atoms with Crippen LogP contribution >= 0.6 is 11.6 Å². The number of hydrogen-bond acceptors (Lipinski definition) is 1. The minimum absolute atomic E-state index is 0.0829. The first kappa shape index (κ1) is 16.8. The Morgan fingerprint density at radius 2 is 1.47 bits per heavy atom. The molecule has 0 aromatic rings. The Morgan fingerprint density at radius 3 is 2.00 bits per heavy atom. The maximum atomic E-state index is 11.1. The number of halogens is 1. The molecule has 0 spiro atoms. The van der Waals surface area contributed by atoms with E-state index >= 15 is 0 Å². The van der Waals surface area contributed by atoms with E-state index in [1.807, 2.05) is 0 Å². The first-order valence-corrected chi connectivity index (χ1v) is 7.67. The summed E-state index contributed by atoms with van der Waals surface area (Å²) in [5, 5.41) is 2.88. The Kier molecular flexibility index (Phi) is 13.6. The second-order valence-electron chi connectivity index (χ2n) is 4.62. The van der Waals surface area contributed by atoms with Crippen molar-refractivity contribution in [3.63, 3.8) is 0 Å². The first-order valence-electron chi connectivity index (χ1n) is 7.14. The van der Waals surface area contributed by atoms with E-state index in [9.17, 15) is 4.79 Å². The number of carbonyl (C=O) groups is 1. The van der Waals surface area contributed by atoms with Crippen molar-refractivity contribution in [2.45, 2.75) is 71.1 Å². The summed E-state index contributed by atoms with van der Waals surface area (Å²) in [5.41, 5.74) is 0. The Hall–Kier alpha value is -0.240. The van der Waals surface area contributed by atoms with Crippen LogP contribution in [0.5, 0.6) is 0 Å². The average molecular weight is 262 g/mol. The Labute approximate surface area is 111 Å². The van der Waals surface area contributed by atoms with Gasteiger partial charge in [-0.3, -0.25) is 4.79 Å². The van der Waals surface area contributed by atoms with E-state index in [4.69, 9.17) is 11.6 Å². The van der Waals surface area contributed by atoms with Crippen LogP contribution in [-0.4, -0.2) is 18.3 Å². The van der Waals surface area contributed by atoms with E-state index in [1.54, 1.807) is 0 Å². The average Bonchev–Trinajstić information content (AvgIpc) is 2.32. The summed E-state index contributed by atoms with van der Waals surface area (Å²) in [7, 11) is 0. The Morgan fingerprint density at radius 1 is 0.941 bits per heavy atom. The zero-order valence-electron chi connectivity index (χ0n) is 11.3. The van der Waals surface area contributed by atoms with Gasteiger partial charge in [-0.2, -0.15) is 0 Å². The highest BCUT2D eigenvalue weighted by Crippen LogP contribution is 2.09. The van der Waals surface area contributed by atoms with Crippen LogP contribution < -0.4 is 5.32 Å². The molecule has 0 saturated carbocycles. The molecule has 0 heterocycles. The normalized spacial score (nSPS) is 10.5. The van der Waals surface area contributed by atoms with E-state index in [0.717, 1.165) is 13.0 Å². The fourth-order valence-electron chi connectivity index (χ4n) is 1.84. The van der Waals surface area contributed by atoms with Crippen molar-refractivity contribution in [2.24, 2.45) is 0 Å². The molecule has 0 saturated heterocycles. The lowest BCUT2D eigenvalue weighted by Gasteiger charge is -2.04. The molecule has 0 radical (unpaired) electrons. The van der Waals surface area contributed by atoms with E-state index < -0.39 is 0 Å². The van der Waals surface area contributed by atoms with Crippen molar-refractivity contribution >= 4 is 17.5 Å². The van der Waals surface area contributed by atoms with Crippen LogP contribution in [0.1, 0.15) is 71.1 Å². The molecule has 0 aliphatic heterocycles. The molecule has 1 N–H and O–H groups in total. The molecule has 2 nitrogen and oxygen atoms in total. The minimum Gasteiger partial charge on any atom is -0.356 e. The van der Waals surface area contributed by atoms with Crippen molar-refractivity contribution in [1.29, 1.82) is 0 Å². The summed E-state index contributed by atoms with van der Waals surface area (Å²) in [4.78, 5) is 11.1. The van der Waals surface area contributed by atoms with Crippen molar-refractivity contribution in [3.8, 4) is 0 Å². The fraction of sp³-hybridized carbons (Fsp3) is 0.929. The number of rotatable bonds is 12. The van der Waals surface area contributed by atoms with Crippen LogP contribution in [0.3, 0.4) is 0 Å². The third-order valence-corrected chi connectivity index (χ3v) is 3.11. The van der Waals surface area contributed by atoms with Gasteiger partial charge in [-0.1, -0.05) is 58.3 Å². The summed E-state index contributed by atoms with van der Waals surface area (Å²) < 4.78 is 0. The fourth-order valence-corrected chi connectivity index (χ4v) is 2.01. The number of alkyl halides is 1. The van der Waals surface area contributed by atoms with Crippen molar-refractivity contribution in [3.05, 3.63) is 0 Å². The molecule has 0 bridgehead atoms. The summed E-state index contributed by atoms with van der Waals surface area (Å²) in [6, 6.07) is 0. The quantitative estimate of drug-likeness (QED) is 0.413. The first-order chi connectivity index (χ1) is 8.31. The summed E-state index contributed by atoms with van der Waals surface area (Å²) in [5.74, 6) is 0.503. The van der Waals surface area contributed by atoms with Gasteiger partial charge in [-0.25, -0.2) is 0 Å². The van der Waals surface area contributed by atoms with E-state index in [-0.39, 0.29) is 5.91 Å². The van der Waals surface area contributed by atoms with Gasteiger partial charge in [0.2, 0.25) is 5.91 Å². The maximum Gasteiger partial charge on any atom is 0.221 e. The highest BCUT2D eigenvalue weighted by atomic mass is 35.5. The van der Waals surface area contributed by atoms with Gasteiger partial charge in [-0.05, 0) is 6.42 Å². The molecule has 102 valence electrons. The van der Waals surface area contributed by atoms with Gasteiger partial charge in [0, 0.05) is 18.8 Å². The molecule has 0 aromatic carbocycles. The van der Waals surface area contributed by atoms with Gasteiger partial charge in [0.25, 0.3) is 0 Å². The molecule has 3 heteroatoms. The molecular formula is C14H28ClNO. The van der Waals surface area contributed by atoms with Gasteiger partial charge in [0.05, 0.1) is 0 Å². The van der Waals surface area contributed by atoms with Gasteiger partial charge < -0.3 is 5.32 Å². The van der Waals surface area contributed by atoms with Gasteiger partial charge in [-0.15, -0.1) is 11.6 Å². The number of amides is 1. The number of hydrogen-bond donors (Lipinski definition) is 1. The van der Waals surface area contributed by atoms with Crippen LogP contribution in [0, 0.1) is 0 Å². The molecule has 0 aromatic heterocycles. The molecule has 0 atom stereocenters. The van der Waals surface area contributed by atoms with Crippen LogP contribution in [0.15, 0.2) is 0 Å². The maximum absolute atomic E-state index is 11.1. The second-order valence-corrected chi connectivity index (χ2v) is 5.00. The molecular weight excluding hydrogens is 234 g/mol. The number of nitrogens with one attached hydrogen (secondary N) is 1. The molecule has 0 aliphatic rings. The zero-order chi connectivity index (χ0) is 12.8. The highest BCUT2D eigenvalue weighted by molar-refractivity contribution is 6.18. The van der Waals surface area contributed by atoms with Crippen LogP contribution in [0.25, 0.3) is 0 Å². The summed E-state index contributed by atoms with van der Waals surface area (Å²) >= 11 is 5.47. The molecule has 0 unspecified atom stereocenters. The highest BCUT2D eigenvalue weighted by Gasteiger charge is 1.98. The lowest BCUT2D eigenvalue weighted by molar-refractivity contribution is -0.120. The predicted octanol–water partition coefficient (Wildman–Crippen LogP) is 4.26. The summed E-state index contributed by atoms with van der Waals surface area (Å²) in [6.45, 7) is 3.06. The third-order valence-electron chi connectivity index (χ3n) is 2.92. The smallest absolute Gasteiger partial charge is 0.221 e. The Bertz CT molecular complexity index is 174. The number of unbranched alkanes of at least 4 members (excludes halogenated alkanes) is 8. The monoisotopic (exact) mass is 261 g/mol. The molecule has 0 fully saturated rings. The van der Waals surface area contributed by atoms with Gasteiger partial charge >= 0.3 is 0 Å². The van der Waals surface area contributed by atoms with Crippen molar-refractivity contribution < 1.29 is 4.79 Å². The molecule has 17 heavy (non-hydrogen) atoms. The van der Waals surface area contributed by atoms with Gasteiger partial charge in [0.15, 0.2) is 0 Å². The topological polar surface area (TPSA) is 29.1 Å². The van der Waals surface area contributed by atoms with Crippen molar-refractivity contribution in [1.82, 2.24) is 5.32 Å². The SMILES string of the molecule is CCCCCCCCCCCNC(=O)CCCl. The van der Waals surface area contributed by atoms with E-state index in [1.165, 1.54) is 51.4 Å². The molecule has 1 amide bonds. The number of carbonyl (C=O) groups excluding carboxylic acids is 1. The third kappa shape index (κ3) is 13.7. The van der Waals surface area contributed by atoms with Crippen molar-refractivity contribution in [2.75, 3.05) is 12.4 Å². The summed E-state index contributed by atoms with van der Waals surface area (Å²) in [6.07, 6.45) is 12.3. The largest absolute Gasteiger partial charge is 0.356 e. The molecule has 0 rings (SSSR count). The minimum atomic E-state index is 0.0829. The zero-order valence-corrected chi connectivity index (χ0v) is 12.0. The molecule has 0 aliphatic carbocycles. The predicted molar refractivity (Wildman–Crippen MR) is 75.6 cm³/mol.